The lowest BCUT2D eigenvalue weighted by Crippen LogP contribution is -2.53. The summed E-state index contributed by atoms with van der Waals surface area (Å²) in [5, 5.41) is 3.39. The molecule has 0 aromatic carbocycles. The maximum absolute atomic E-state index is 12.8. The largest absolute Gasteiger partial charge is 0.339 e. The molecule has 4 rings (SSSR count). The maximum Gasteiger partial charge on any atom is 0.236 e. The molecule has 3 heterocycles. The fraction of sp³-hybridized carbons (Fsp3) is 0.889. The van der Waals surface area contributed by atoms with E-state index < -0.39 is 0 Å². The first-order chi connectivity index (χ1) is 11.7. The van der Waals surface area contributed by atoms with Gasteiger partial charge >= 0.3 is 0 Å². The number of hydrogen-bond acceptors (Lipinski definition) is 4. The molecule has 1 spiro atoms. The lowest BCUT2D eigenvalue weighted by atomic mass is 9.91. The van der Waals surface area contributed by atoms with Gasteiger partial charge in [-0.2, -0.15) is 0 Å². The summed E-state index contributed by atoms with van der Waals surface area (Å²) < 4.78 is 0. The highest BCUT2D eigenvalue weighted by Crippen LogP contribution is 2.59. The fourth-order valence-corrected chi connectivity index (χ4v) is 4.80. The van der Waals surface area contributed by atoms with E-state index in [0.717, 1.165) is 58.5 Å². The molecular weight excluding hydrogens is 304 g/mol. The summed E-state index contributed by atoms with van der Waals surface area (Å²) >= 11 is 0. The van der Waals surface area contributed by atoms with Crippen LogP contribution in [0.5, 0.6) is 0 Å². The summed E-state index contributed by atoms with van der Waals surface area (Å²) in [7, 11) is 0. The number of piperazine rings is 1. The van der Waals surface area contributed by atoms with Gasteiger partial charge in [-0.1, -0.05) is 0 Å². The number of nitrogens with zero attached hydrogens (tertiary/aromatic N) is 3. The standard InChI is InChI=1S/C18H30N4O2/c23-16(14-20-7-1-2-8-20)21-9-11-22(12-10-21)17(24)15-13-18(15)3-5-19-6-4-18/h15,19H,1-14H2. The molecule has 1 atom stereocenters. The van der Waals surface area contributed by atoms with Crippen LogP contribution in [0.1, 0.15) is 32.1 Å². The fourth-order valence-electron chi connectivity index (χ4n) is 4.80. The number of rotatable bonds is 3. The van der Waals surface area contributed by atoms with E-state index in [1.54, 1.807) is 0 Å². The Hall–Kier alpha value is -1.14. The molecule has 3 saturated heterocycles. The SMILES string of the molecule is O=C(CN1CCCC1)N1CCN(C(=O)C2CC23CCNCC3)CC1. The predicted molar refractivity (Wildman–Crippen MR) is 91.5 cm³/mol. The molecule has 0 bridgehead atoms. The molecule has 0 aromatic heterocycles. The van der Waals surface area contributed by atoms with E-state index >= 15 is 0 Å². The Morgan fingerprint density at radius 3 is 2.21 bits per heavy atom. The zero-order valence-corrected chi connectivity index (χ0v) is 14.6. The molecule has 2 amide bonds. The highest BCUT2D eigenvalue weighted by molar-refractivity contribution is 5.83. The smallest absolute Gasteiger partial charge is 0.236 e. The monoisotopic (exact) mass is 334 g/mol. The lowest BCUT2D eigenvalue weighted by Gasteiger charge is -2.36. The van der Waals surface area contributed by atoms with Crippen LogP contribution in [0.3, 0.4) is 0 Å². The predicted octanol–water partition coefficient (Wildman–Crippen LogP) is 0.143. The van der Waals surface area contributed by atoms with Gasteiger partial charge in [-0.15, -0.1) is 0 Å². The molecule has 6 nitrogen and oxygen atoms in total. The molecular formula is C18H30N4O2. The molecule has 0 aromatic rings. The third-order valence-corrected chi connectivity index (χ3v) is 6.59. The van der Waals surface area contributed by atoms with Crippen molar-refractivity contribution in [1.29, 1.82) is 0 Å². The minimum atomic E-state index is 0.241. The van der Waals surface area contributed by atoms with Crippen LogP contribution in [0.4, 0.5) is 0 Å². The van der Waals surface area contributed by atoms with Gasteiger partial charge in [0.2, 0.25) is 11.8 Å². The van der Waals surface area contributed by atoms with Crippen LogP contribution >= 0.6 is 0 Å². The van der Waals surface area contributed by atoms with Crippen LogP contribution in [0.25, 0.3) is 0 Å². The van der Waals surface area contributed by atoms with Gasteiger partial charge in [0.05, 0.1) is 6.54 Å². The number of carbonyl (C=O) groups is 2. The molecule has 0 radical (unpaired) electrons. The Labute approximate surface area is 144 Å². The molecule has 1 saturated carbocycles. The summed E-state index contributed by atoms with van der Waals surface area (Å²) in [6.07, 6.45) is 5.82. The quantitative estimate of drug-likeness (QED) is 0.798. The van der Waals surface area contributed by atoms with E-state index in [0.29, 0.717) is 31.0 Å². The van der Waals surface area contributed by atoms with Crippen LogP contribution in [-0.2, 0) is 9.59 Å². The summed E-state index contributed by atoms with van der Waals surface area (Å²) in [6, 6.07) is 0. The van der Waals surface area contributed by atoms with Crippen LogP contribution in [-0.4, -0.2) is 85.4 Å². The van der Waals surface area contributed by atoms with Crippen LogP contribution in [0.2, 0.25) is 0 Å². The van der Waals surface area contributed by atoms with E-state index in [4.69, 9.17) is 0 Å². The van der Waals surface area contributed by atoms with Gasteiger partial charge in [0, 0.05) is 32.1 Å². The highest BCUT2D eigenvalue weighted by Gasteiger charge is 2.58. The van der Waals surface area contributed by atoms with Crippen molar-refractivity contribution in [1.82, 2.24) is 20.0 Å². The number of carbonyl (C=O) groups excluding carboxylic acids is 2. The Balaban J connectivity index is 1.24. The van der Waals surface area contributed by atoms with Crippen LogP contribution < -0.4 is 5.32 Å². The van der Waals surface area contributed by atoms with E-state index in [9.17, 15) is 9.59 Å². The van der Waals surface area contributed by atoms with Crippen molar-refractivity contribution in [3.05, 3.63) is 0 Å². The van der Waals surface area contributed by atoms with Crippen LogP contribution in [0, 0.1) is 11.3 Å². The van der Waals surface area contributed by atoms with Gasteiger partial charge in [-0.25, -0.2) is 0 Å². The van der Waals surface area contributed by atoms with Crippen molar-refractivity contribution in [2.24, 2.45) is 11.3 Å². The average molecular weight is 334 g/mol. The zero-order chi connectivity index (χ0) is 16.6. The molecule has 4 aliphatic rings. The normalized spacial score (nSPS) is 29.9. The first-order valence-corrected chi connectivity index (χ1v) is 9.68. The lowest BCUT2D eigenvalue weighted by molar-refractivity contribution is -0.141. The summed E-state index contributed by atoms with van der Waals surface area (Å²) in [5.41, 5.74) is 0.311. The van der Waals surface area contributed by atoms with Gasteiger partial charge in [0.1, 0.15) is 0 Å². The average Bonchev–Trinajstić information content (AvgIpc) is 3.05. The molecule has 134 valence electrons. The molecule has 4 fully saturated rings. The first kappa shape index (κ1) is 16.3. The molecule has 1 unspecified atom stereocenters. The Bertz CT molecular complexity index is 489. The van der Waals surface area contributed by atoms with Gasteiger partial charge in [0.25, 0.3) is 0 Å². The van der Waals surface area contributed by atoms with Gasteiger partial charge in [-0.3, -0.25) is 14.5 Å². The van der Waals surface area contributed by atoms with Crippen LogP contribution in [0.15, 0.2) is 0 Å². The van der Waals surface area contributed by atoms with E-state index in [1.807, 2.05) is 9.80 Å². The Kier molecular flexibility index (Phi) is 4.52. The van der Waals surface area contributed by atoms with Crippen molar-refractivity contribution < 1.29 is 9.59 Å². The minimum absolute atomic E-state index is 0.241. The number of amides is 2. The number of likely N-dealkylation sites (tertiary alicyclic amines) is 1. The first-order valence-electron chi connectivity index (χ1n) is 9.68. The number of piperidine rings is 1. The Morgan fingerprint density at radius 1 is 0.917 bits per heavy atom. The maximum atomic E-state index is 12.8. The second-order valence-corrected chi connectivity index (χ2v) is 8.06. The second-order valence-electron chi connectivity index (χ2n) is 8.06. The molecule has 24 heavy (non-hydrogen) atoms. The van der Waals surface area contributed by atoms with Crippen molar-refractivity contribution in [3.8, 4) is 0 Å². The number of hydrogen-bond donors (Lipinski definition) is 1. The van der Waals surface area contributed by atoms with Gasteiger partial charge in [-0.05, 0) is 63.7 Å². The van der Waals surface area contributed by atoms with E-state index in [-0.39, 0.29) is 11.8 Å². The van der Waals surface area contributed by atoms with Crippen molar-refractivity contribution >= 4 is 11.8 Å². The summed E-state index contributed by atoms with van der Waals surface area (Å²) in [6.45, 7) is 7.65. The van der Waals surface area contributed by atoms with Crippen molar-refractivity contribution in [2.75, 3.05) is 58.9 Å². The third-order valence-electron chi connectivity index (χ3n) is 6.59. The summed E-state index contributed by atoms with van der Waals surface area (Å²) in [5.74, 6) is 0.847. The Morgan fingerprint density at radius 2 is 1.54 bits per heavy atom. The summed E-state index contributed by atoms with van der Waals surface area (Å²) in [4.78, 5) is 31.4. The van der Waals surface area contributed by atoms with E-state index in [1.165, 1.54) is 12.8 Å². The highest BCUT2D eigenvalue weighted by atomic mass is 16.2. The third kappa shape index (κ3) is 3.18. The van der Waals surface area contributed by atoms with Gasteiger partial charge in [0.15, 0.2) is 0 Å². The molecule has 1 aliphatic carbocycles. The van der Waals surface area contributed by atoms with Crippen molar-refractivity contribution in [3.63, 3.8) is 0 Å². The van der Waals surface area contributed by atoms with Crippen molar-refractivity contribution in [2.45, 2.75) is 32.1 Å². The molecule has 6 heteroatoms. The van der Waals surface area contributed by atoms with Gasteiger partial charge < -0.3 is 15.1 Å². The number of nitrogens with one attached hydrogen (secondary N) is 1. The van der Waals surface area contributed by atoms with E-state index in [2.05, 4.69) is 10.2 Å². The zero-order valence-electron chi connectivity index (χ0n) is 14.6. The minimum Gasteiger partial charge on any atom is -0.339 e. The molecule has 1 N–H and O–H groups in total. The molecule has 3 aliphatic heterocycles. The second kappa shape index (κ2) is 6.64. The topological polar surface area (TPSA) is 55.9 Å².